The Hall–Kier alpha value is -2.31. The zero-order valence-corrected chi connectivity index (χ0v) is 10.4. The van der Waals surface area contributed by atoms with Crippen LogP contribution in [0, 0.1) is 0 Å². The topological polar surface area (TPSA) is 102 Å². The van der Waals surface area contributed by atoms with Crippen LogP contribution in [0.15, 0.2) is 17.3 Å². The van der Waals surface area contributed by atoms with E-state index in [2.05, 4.69) is 20.4 Å². The third-order valence-corrected chi connectivity index (χ3v) is 2.66. The SMILES string of the molecule is CCc1nn(C)cc1CNc1nc[nH]c(=O)c1N. The van der Waals surface area contributed by atoms with Crippen LogP contribution in [-0.4, -0.2) is 19.7 Å². The molecule has 2 rings (SSSR count). The lowest BCUT2D eigenvalue weighted by Crippen LogP contribution is -2.16. The highest BCUT2D eigenvalue weighted by atomic mass is 16.1. The van der Waals surface area contributed by atoms with E-state index in [-0.39, 0.29) is 11.2 Å². The number of nitrogens with zero attached hydrogens (tertiary/aromatic N) is 3. The summed E-state index contributed by atoms with van der Waals surface area (Å²) in [5.41, 5.74) is 7.48. The fourth-order valence-corrected chi connectivity index (χ4v) is 1.76. The van der Waals surface area contributed by atoms with Crippen LogP contribution in [0.4, 0.5) is 11.5 Å². The molecule has 0 atom stereocenters. The van der Waals surface area contributed by atoms with Crippen LogP contribution in [-0.2, 0) is 20.0 Å². The lowest BCUT2D eigenvalue weighted by atomic mass is 10.2. The molecule has 0 aliphatic heterocycles. The molecule has 0 saturated carbocycles. The van der Waals surface area contributed by atoms with E-state index in [9.17, 15) is 4.79 Å². The minimum Gasteiger partial charge on any atom is -0.391 e. The first kappa shape index (κ1) is 12.2. The number of nitrogen functional groups attached to an aromatic ring is 1. The number of nitrogens with one attached hydrogen (secondary N) is 2. The maximum absolute atomic E-state index is 11.3. The molecule has 0 amide bonds. The molecule has 0 radical (unpaired) electrons. The molecule has 2 heterocycles. The van der Waals surface area contributed by atoms with Crippen molar-refractivity contribution < 1.29 is 0 Å². The van der Waals surface area contributed by atoms with Gasteiger partial charge in [0.05, 0.1) is 12.0 Å². The van der Waals surface area contributed by atoms with Gasteiger partial charge in [-0.25, -0.2) is 4.98 Å². The van der Waals surface area contributed by atoms with Crippen molar-refractivity contribution in [2.45, 2.75) is 19.9 Å². The van der Waals surface area contributed by atoms with E-state index in [1.807, 2.05) is 20.2 Å². The van der Waals surface area contributed by atoms with Crippen molar-refractivity contribution in [3.63, 3.8) is 0 Å². The first-order valence-electron chi connectivity index (χ1n) is 5.70. The fourth-order valence-electron chi connectivity index (χ4n) is 1.76. The Morgan fingerprint density at radius 2 is 2.33 bits per heavy atom. The van der Waals surface area contributed by atoms with Crippen LogP contribution in [0.2, 0.25) is 0 Å². The van der Waals surface area contributed by atoms with Crippen LogP contribution in [0.5, 0.6) is 0 Å². The van der Waals surface area contributed by atoms with E-state index in [1.165, 1.54) is 6.33 Å². The average Bonchev–Trinajstić information content (AvgIpc) is 2.71. The second-order valence-electron chi connectivity index (χ2n) is 3.98. The predicted molar refractivity (Wildman–Crippen MR) is 69.2 cm³/mol. The molecule has 7 heteroatoms. The van der Waals surface area contributed by atoms with E-state index < -0.39 is 0 Å². The third kappa shape index (κ3) is 2.34. The molecule has 2 aromatic rings. The quantitative estimate of drug-likeness (QED) is 0.720. The summed E-state index contributed by atoms with van der Waals surface area (Å²) in [4.78, 5) is 17.7. The van der Waals surface area contributed by atoms with Crippen LogP contribution in [0.25, 0.3) is 0 Å². The van der Waals surface area contributed by atoms with Gasteiger partial charge in [-0.1, -0.05) is 6.92 Å². The number of hydrogen-bond donors (Lipinski definition) is 3. The predicted octanol–water partition coefficient (Wildman–Crippen LogP) is 0.260. The Labute approximate surface area is 104 Å². The summed E-state index contributed by atoms with van der Waals surface area (Å²) < 4.78 is 1.77. The molecule has 0 saturated heterocycles. The summed E-state index contributed by atoms with van der Waals surface area (Å²) in [7, 11) is 1.88. The van der Waals surface area contributed by atoms with Gasteiger partial charge in [0.1, 0.15) is 5.69 Å². The molecule has 96 valence electrons. The van der Waals surface area contributed by atoms with Crippen molar-refractivity contribution in [1.29, 1.82) is 0 Å². The van der Waals surface area contributed by atoms with Crippen LogP contribution in [0.1, 0.15) is 18.2 Å². The second-order valence-corrected chi connectivity index (χ2v) is 3.98. The van der Waals surface area contributed by atoms with Gasteiger partial charge in [0.25, 0.3) is 5.56 Å². The van der Waals surface area contributed by atoms with Gasteiger partial charge in [-0.2, -0.15) is 5.10 Å². The number of anilines is 2. The minimum absolute atomic E-state index is 0.0967. The molecule has 4 N–H and O–H groups in total. The van der Waals surface area contributed by atoms with Gasteiger partial charge in [-0.05, 0) is 6.42 Å². The normalized spacial score (nSPS) is 10.6. The van der Waals surface area contributed by atoms with Crippen LogP contribution < -0.4 is 16.6 Å². The number of aromatic amines is 1. The Kier molecular flexibility index (Phi) is 3.31. The van der Waals surface area contributed by atoms with Crippen molar-refractivity contribution in [3.05, 3.63) is 34.1 Å². The van der Waals surface area contributed by atoms with Crippen molar-refractivity contribution in [2.75, 3.05) is 11.1 Å². The van der Waals surface area contributed by atoms with E-state index >= 15 is 0 Å². The lowest BCUT2D eigenvalue weighted by molar-refractivity contribution is 0.746. The molecular weight excluding hydrogens is 232 g/mol. The van der Waals surface area contributed by atoms with Gasteiger partial charge in [0.2, 0.25) is 0 Å². The van der Waals surface area contributed by atoms with E-state index in [0.717, 1.165) is 17.7 Å². The summed E-state index contributed by atoms with van der Waals surface area (Å²) in [6.45, 7) is 2.59. The number of aryl methyl sites for hydroxylation is 2. The lowest BCUT2D eigenvalue weighted by Gasteiger charge is -2.06. The first-order chi connectivity index (χ1) is 8.61. The van der Waals surface area contributed by atoms with Gasteiger partial charge < -0.3 is 16.0 Å². The monoisotopic (exact) mass is 248 g/mol. The van der Waals surface area contributed by atoms with Crippen molar-refractivity contribution >= 4 is 11.5 Å². The first-order valence-corrected chi connectivity index (χ1v) is 5.70. The highest BCUT2D eigenvalue weighted by molar-refractivity contribution is 5.59. The number of H-pyrrole nitrogens is 1. The molecule has 0 fully saturated rings. The molecule has 0 aromatic carbocycles. The standard InChI is InChI=1S/C11H16N6O/c1-3-8-7(5-17(2)16-8)4-13-10-9(12)11(18)15-6-14-10/h5-6H,3-4,12H2,1-2H3,(H2,13,14,15,18). The number of rotatable bonds is 4. The highest BCUT2D eigenvalue weighted by Crippen LogP contribution is 2.12. The van der Waals surface area contributed by atoms with Gasteiger partial charge in [-0.3, -0.25) is 9.48 Å². The van der Waals surface area contributed by atoms with E-state index in [4.69, 9.17) is 5.73 Å². The zero-order chi connectivity index (χ0) is 13.1. The number of nitrogens with two attached hydrogens (primary N) is 1. The maximum Gasteiger partial charge on any atom is 0.276 e. The number of hydrogen-bond acceptors (Lipinski definition) is 5. The van der Waals surface area contributed by atoms with E-state index in [0.29, 0.717) is 12.4 Å². The molecule has 7 nitrogen and oxygen atoms in total. The average molecular weight is 248 g/mol. The van der Waals surface area contributed by atoms with Crippen molar-refractivity contribution in [1.82, 2.24) is 19.7 Å². The van der Waals surface area contributed by atoms with Crippen molar-refractivity contribution in [2.24, 2.45) is 7.05 Å². The van der Waals surface area contributed by atoms with E-state index in [1.54, 1.807) is 4.68 Å². The smallest absolute Gasteiger partial charge is 0.276 e. The van der Waals surface area contributed by atoms with Crippen LogP contribution >= 0.6 is 0 Å². The zero-order valence-electron chi connectivity index (χ0n) is 10.4. The Morgan fingerprint density at radius 1 is 1.56 bits per heavy atom. The summed E-state index contributed by atoms with van der Waals surface area (Å²) in [6.07, 6.45) is 4.12. The Balaban J connectivity index is 2.16. The molecule has 0 aliphatic rings. The molecular formula is C11H16N6O. The largest absolute Gasteiger partial charge is 0.391 e. The third-order valence-electron chi connectivity index (χ3n) is 2.66. The van der Waals surface area contributed by atoms with Crippen molar-refractivity contribution in [3.8, 4) is 0 Å². The van der Waals surface area contributed by atoms with Gasteiger partial charge >= 0.3 is 0 Å². The fraction of sp³-hybridized carbons (Fsp3) is 0.364. The molecule has 0 aliphatic carbocycles. The Bertz CT molecular complexity index is 600. The molecule has 18 heavy (non-hydrogen) atoms. The summed E-state index contributed by atoms with van der Waals surface area (Å²) >= 11 is 0. The molecule has 2 aromatic heterocycles. The van der Waals surface area contributed by atoms with Gasteiger partial charge in [0.15, 0.2) is 5.82 Å². The molecule has 0 unspecified atom stereocenters. The maximum atomic E-state index is 11.3. The number of aromatic nitrogens is 4. The van der Waals surface area contributed by atoms with Crippen LogP contribution in [0.3, 0.4) is 0 Å². The summed E-state index contributed by atoms with van der Waals surface area (Å²) in [5, 5.41) is 7.39. The second kappa shape index (κ2) is 4.91. The Morgan fingerprint density at radius 3 is 3.06 bits per heavy atom. The highest BCUT2D eigenvalue weighted by Gasteiger charge is 2.08. The summed E-state index contributed by atoms with van der Waals surface area (Å²) in [5.74, 6) is 0.393. The van der Waals surface area contributed by atoms with Gasteiger partial charge in [-0.15, -0.1) is 0 Å². The minimum atomic E-state index is -0.339. The molecule has 0 spiro atoms. The molecule has 0 bridgehead atoms. The summed E-state index contributed by atoms with van der Waals surface area (Å²) in [6, 6.07) is 0. The van der Waals surface area contributed by atoms with Gasteiger partial charge in [0, 0.05) is 25.4 Å².